The highest BCUT2D eigenvalue weighted by Gasteiger charge is 2.07. The van der Waals surface area contributed by atoms with Crippen LogP contribution in [0.15, 0.2) is 29.4 Å². The molecule has 5 heteroatoms. The minimum atomic E-state index is 0.0870. The van der Waals surface area contributed by atoms with E-state index in [0.29, 0.717) is 13.0 Å². The van der Waals surface area contributed by atoms with Crippen LogP contribution in [0.4, 0.5) is 5.69 Å². The first-order chi connectivity index (χ1) is 8.17. The minimum absolute atomic E-state index is 0.0870. The molecule has 4 N–H and O–H groups in total. The van der Waals surface area contributed by atoms with E-state index in [1.54, 1.807) is 7.11 Å². The molecule has 17 heavy (non-hydrogen) atoms. The number of nitrogens with two attached hydrogens (primary N) is 1. The van der Waals surface area contributed by atoms with Crippen LogP contribution in [-0.2, 0) is 11.3 Å². The number of benzene rings is 1. The van der Waals surface area contributed by atoms with Crippen LogP contribution in [0, 0.1) is 0 Å². The second kappa shape index (κ2) is 6.75. The Kier molecular flexibility index (Phi) is 5.29. The van der Waals surface area contributed by atoms with Crippen molar-refractivity contribution < 1.29 is 9.94 Å². The van der Waals surface area contributed by atoms with E-state index in [-0.39, 0.29) is 11.9 Å². The number of amidine groups is 1. The van der Waals surface area contributed by atoms with Crippen LogP contribution >= 0.6 is 0 Å². The van der Waals surface area contributed by atoms with Gasteiger partial charge in [0.15, 0.2) is 0 Å². The number of para-hydroxylation sites is 1. The van der Waals surface area contributed by atoms with Crippen molar-refractivity contribution in [2.24, 2.45) is 10.9 Å². The molecule has 0 aliphatic carbocycles. The van der Waals surface area contributed by atoms with E-state index in [4.69, 9.17) is 15.7 Å². The van der Waals surface area contributed by atoms with Crippen LogP contribution in [0.2, 0.25) is 0 Å². The van der Waals surface area contributed by atoms with E-state index < -0.39 is 0 Å². The van der Waals surface area contributed by atoms with E-state index in [9.17, 15) is 0 Å². The summed E-state index contributed by atoms with van der Waals surface area (Å²) in [5, 5.41) is 14.8. The summed E-state index contributed by atoms with van der Waals surface area (Å²) in [7, 11) is 1.66. The molecule has 0 spiro atoms. The van der Waals surface area contributed by atoms with Crippen LogP contribution in [-0.4, -0.2) is 24.2 Å². The lowest BCUT2D eigenvalue weighted by molar-refractivity contribution is 0.185. The van der Waals surface area contributed by atoms with Gasteiger partial charge in [0.05, 0.1) is 6.61 Å². The number of ether oxygens (including phenoxy) is 1. The molecule has 5 nitrogen and oxygen atoms in total. The highest BCUT2D eigenvalue weighted by Crippen LogP contribution is 2.17. The number of anilines is 1. The lowest BCUT2D eigenvalue weighted by atomic mass is 10.1. The smallest absolute Gasteiger partial charge is 0.141 e. The molecule has 1 unspecified atom stereocenters. The van der Waals surface area contributed by atoms with Crippen molar-refractivity contribution >= 4 is 11.5 Å². The Balaban J connectivity index is 2.67. The molecule has 0 aromatic heterocycles. The fourth-order valence-electron chi connectivity index (χ4n) is 1.61. The van der Waals surface area contributed by atoms with E-state index >= 15 is 0 Å². The highest BCUT2D eigenvalue weighted by molar-refractivity contribution is 5.80. The van der Waals surface area contributed by atoms with Gasteiger partial charge in [-0.05, 0) is 13.0 Å². The molecule has 1 rings (SSSR count). The highest BCUT2D eigenvalue weighted by atomic mass is 16.5. The molecule has 0 fully saturated rings. The van der Waals surface area contributed by atoms with Gasteiger partial charge in [-0.15, -0.1) is 0 Å². The van der Waals surface area contributed by atoms with Crippen LogP contribution in [0.25, 0.3) is 0 Å². The zero-order valence-electron chi connectivity index (χ0n) is 10.2. The van der Waals surface area contributed by atoms with Crippen molar-refractivity contribution in [1.29, 1.82) is 0 Å². The van der Waals surface area contributed by atoms with E-state index in [1.807, 2.05) is 31.2 Å². The predicted octanol–water partition coefficient (Wildman–Crippen LogP) is 1.77. The normalized spacial score (nSPS) is 13.4. The first kappa shape index (κ1) is 13.3. The van der Waals surface area contributed by atoms with Crippen LogP contribution < -0.4 is 11.1 Å². The quantitative estimate of drug-likeness (QED) is 0.305. The lowest BCUT2D eigenvalue weighted by Gasteiger charge is -2.17. The van der Waals surface area contributed by atoms with Gasteiger partial charge in [-0.2, -0.15) is 0 Å². The van der Waals surface area contributed by atoms with Gasteiger partial charge in [0.1, 0.15) is 5.84 Å². The summed E-state index contributed by atoms with van der Waals surface area (Å²) in [5.74, 6) is 0.217. The molecule has 0 amide bonds. The first-order valence-electron chi connectivity index (χ1n) is 5.47. The molecule has 0 saturated carbocycles. The standard InChI is InChI=1S/C12H19N3O2/c1-9(7-12(13)15-16)14-11-6-4-3-5-10(11)8-17-2/h3-6,9,14,16H,7-8H2,1-2H3,(H2,13,15). The number of nitrogens with one attached hydrogen (secondary N) is 1. The maximum absolute atomic E-state index is 8.50. The minimum Gasteiger partial charge on any atom is -0.409 e. The Morgan fingerprint density at radius 1 is 1.53 bits per heavy atom. The number of hydrogen-bond donors (Lipinski definition) is 3. The fraction of sp³-hybridized carbons (Fsp3) is 0.417. The van der Waals surface area contributed by atoms with Crippen molar-refractivity contribution in [3.8, 4) is 0 Å². The predicted molar refractivity (Wildman–Crippen MR) is 68.3 cm³/mol. The molecule has 1 atom stereocenters. The zero-order chi connectivity index (χ0) is 12.7. The molecule has 0 aliphatic heterocycles. The number of methoxy groups -OCH3 is 1. The van der Waals surface area contributed by atoms with Crippen molar-refractivity contribution in [2.75, 3.05) is 12.4 Å². The molecule has 0 aliphatic rings. The fourth-order valence-corrected chi connectivity index (χ4v) is 1.61. The van der Waals surface area contributed by atoms with E-state index in [0.717, 1.165) is 11.3 Å². The summed E-state index contributed by atoms with van der Waals surface area (Å²) < 4.78 is 5.12. The topological polar surface area (TPSA) is 79.9 Å². The SMILES string of the molecule is COCc1ccccc1NC(C)CC(N)=NO. The van der Waals surface area contributed by atoms with Crippen molar-refractivity contribution in [3.05, 3.63) is 29.8 Å². The molecule has 0 heterocycles. The lowest BCUT2D eigenvalue weighted by Crippen LogP contribution is -2.24. The summed E-state index contributed by atoms with van der Waals surface area (Å²) in [4.78, 5) is 0. The molecule has 1 aromatic carbocycles. The Hall–Kier alpha value is -1.75. The summed E-state index contributed by atoms with van der Waals surface area (Å²) in [6.45, 7) is 2.53. The third kappa shape index (κ3) is 4.32. The molecule has 0 bridgehead atoms. The third-order valence-electron chi connectivity index (χ3n) is 2.36. The number of nitrogens with zero attached hydrogens (tertiary/aromatic N) is 1. The molecule has 0 saturated heterocycles. The van der Waals surface area contributed by atoms with Gasteiger partial charge in [0.2, 0.25) is 0 Å². The maximum Gasteiger partial charge on any atom is 0.141 e. The average molecular weight is 237 g/mol. The van der Waals surface area contributed by atoms with E-state index in [2.05, 4.69) is 10.5 Å². The first-order valence-corrected chi connectivity index (χ1v) is 5.47. The van der Waals surface area contributed by atoms with E-state index in [1.165, 1.54) is 0 Å². The van der Waals surface area contributed by atoms with Crippen molar-refractivity contribution in [3.63, 3.8) is 0 Å². The summed E-state index contributed by atoms with van der Waals surface area (Å²) in [6, 6.07) is 7.99. The summed E-state index contributed by atoms with van der Waals surface area (Å²) in [5.41, 5.74) is 7.55. The summed E-state index contributed by atoms with van der Waals surface area (Å²) in [6.07, 6.45) is 0.484. The summed E-state index contributed by atoms with van der Waals surface area (Å²) >= 11 is 0. The Bertz CT molecular complexity index is 380. The third-order valence-corrected chi connectivity index (χ3v) is 2.36. The molecule has 94 valence electrons. The molecule has 0 radical (unpaired) electrons. The Morgan fingerprint density at radius 3 is 2.88 bits per heavy atom. The number of oxime groups is 1. The van der Waals surface area contributed by atoms with Gasteiger partial charge < -0.3 is 21.0 Å². The Morgan fingerprint density at radius 2 is 2.24 bits per heavy atom. The second-order valence-electron chi connectivity index (χ2n) is 3.93. The monoisotopic (exact) mass is 237 g/mol. The maximum atomic E-state index is 8.50. The Labute approximate surface area is 101 Å². The largest absolute Gasteiger partial charge is 0.409 e. The van der Waals surface area contributed by atoms with Gasteiger partial charge >= 0.3 is 0 Å². The molecular weight excluding hydrogens is 218 g/mol. The van der Waals surface area contributed by atoms with Crippen LogP contribution in [0.5, 0.6) is 0 Å². The van der Waals surface area contributed by atoms with Gasteiger partial charge in [-0.1, -0.05) is 23.4 Å². The molecule has 1 aromatic rings. The van der Waals surface area contributed by atoms with Crippen LogP contribution in [0.1, 0.15) is 18.9 Å². The second-order valence-corrected chi connectivity index (χ2v) is 3.93. The van der Waals surface area contributed by atoms with Crippen LogP contribution in [0.3, 0.4) is 0 Å². The van der Waals surface area contributed by atoms with Crippen molar-refractivity contribution in [1.82, 2.24) is 0 Å². The van der Waals surface area contributed by atoms with Gasteiger partial charge in [-0.25, -0.2) is 0 Å². The van der Waals surface area contributed by atoms with Gasteiger partial charge in [-0.3, -0.25) is 0 Å². The van der Waals surface area contributed by atoms with Crippen molar-refractivity contribution in [2.45, 2.75) is 26.0 Å². The van der Waals surface area contributed by atoms with Gasteiger partial charge in [0, 0.05) is 30.8 Å². The number of hydrogen-bond acceptors (Lipinski definition) is 4. The molecular formula is C12H19N3O2. The number of rotatable bonds is 6. The zero-order valence-corrected chi connectivity index (χ0v) is 10.2. The average Bonchev–Trinajstić information content (AvgIpc) is 2.31. The van der Waals surface area contributed by atoms with Gasteiger partial charge in [0.25, 0.3) is 0 Å².